The smallest absolute Gasteiger partial charge is 0.193 e. The van der Waals surface area contributed by atoms with E-state index in [0.29, 0.717) is 16.7 Å². The van der Waals surface area contributed by atoms with Gasteiger partial charge in [-0.3, -0.25) is 9.59 Å². The fourth-order valence-electron chi connectivity index (χ4n) is 1.49. The number of aromatic hydroxyl groups is 1. The number of hydrogen-bond acceptors (Lipinski definition) is 3. The topological polar surface area (TPSA) is 54.4 Å². The van der Waals surface area contributed by atoms with E-state index in [9.17, 15) is 9.59 Å². The lowest BCUT2D eigenvalue weighted by atomic mass is 10.0. The second-order valence-electron chi connectivity index (χ2n) is 3.62. The van der Waals surface area contributed by atoms with Crippen LogP contribution < -0.4 is 0 Å². The first-order valence-corrected chi connectivity index (χ1v) is 5.09. The molecule has 0 fully saturated rings. The summed E-state index contributed by atoms with van der Waals surface area (Å²) in [4.78, 5) is 22.5. The molecule has 3 nitrogen and oxygen atoms in total. The summed E-state index contributed by atoms with van der Waals surface area (Å²) in [6.45, 7) is 0. The number of benzene rings is 2. The molecule has 0 bridgehead atoms. The highest BCUT2D eigenvalue weighted by Gasteiger charge is 2.08. The van der Waals surface area contributed by atoms with Gasteiger partial charge in [0.1, 0.15) is 12.0 Å². The van der Waals surface area contributed by atoms with Gasteiger partial charge in [0.2, 0.25) is 0 Å². The van der Waals surface area contributed by atoms with Crippen LogP contribution in [0.1, 0.15) is 26.3 Å². The van der Waals surface area contributed by atoms with Gasteiger partial charge in [-0.15, -0.1) is 0 Å². The van der Waals surface area contributed by atoms with Crippen LogP contribution >= 0.6 is 0 Å². The van der Waals surface area contributed by atoms with Crippen molar-refractivity contribution >= 4 is 12.1 Å². The van der Waals surface area contributed by atoms with Crippen LogP contribution in [0.4, 0.5) is 0 Å². The standard InChI is InChI=1S/C14H10O3/c15-9-10-1-3-11(4-2-10)14(17)12-5-7-13(16)8-6-12/h1-9,16H. The van der Waals surface area contributed by atoms with Crippen LogP contribution in [-0.2, 0) is 0 Å². The van der Waals surface area contributed by atoms with Crippen molar-refractivity contribution in [3.8, 4) is 5.75 Å². The molecule has 0 aliphatic carbocycles. The molecule has 2 aromatic rings. The highest BCUT2D eigenvalue weighted by atomic mass is 16.3. The Morgan fingerprint density at radius 3 is 1.82 bits per heavy atom. The molecule has 2 aromatic carbocycles. The van der Waals surface area contributed by atoms with E-state index in [0.717, 1.165) is 6.29 Å². The molecule has 3 heteroatoms. The molecule has 0 aliphatic rings. The third-order valence-electron chi connectivity index (χ3n) is 2.44. The van der Waals surface area contributed by atoms with Gasteiger partial charge in [-0.1, -0.05) is 24.3 Å². The van der Waals surface area contributed by atoms with Crippen LogP contribution in [0.2, 0.25) is 0 Å². The Kier molecular flexibility index (Phi) is 3.01. The number of aldehydes is 1. The van der Waals surface area contributed by atoms with E-state index in [4.69, 9.17) is 5.11 Å². The molecule has 0 radical (unpaired) electrons. The first kappa shape index (κ1) is 11.1. The minimum absolute atomic E-state index is 0.123. The van der Waals surface area contributed by atoms with Crippen molar-refractivity contribution < 1.29 is 14.7 Å². The maximum atomic E-state index is 12.0. The number of hydrogen-bond donors (Lipinski definition) is 1. The predicted octanol–water partition coefficient (Wildman–Crippen LogP) is 2.44. The minimum atomic E-state index is -0.137. The van der Waals surface area contributed by atoms with Crippen molar-refractivity contribution in [3.63, 3.8) is 0 Å². The summed E-state index contributed by atoms with van der Waals surface area (Å²) in [6.07, 6.45) is 0.731. The Labute approximate surface area is 98.3 Å². The number of phenols is 1. The number of carbonyl (C=O) groups is 2. The third kappa shape index (κ3) is 2.39. The van der Waals surface area contributed by atoms with E-state index >= 15 is 0 Å². The first-order chi connectivity index (χ1) is 8.20. The average Bonchev–Trinajstić information content (AvgIpc) is 2.39. The van der Waals surface area contributed by atoms with Crippen LogP contribution in [0.5, 0.6) is 5.75 Å². The Morgan fingerprint density at radius 1 is 0.882 bits per heavy atom. The van der Waals surface area contributed by atoms with Crippen LogP contribution in [-0.4, -0.2) is 17.2 Å². The van der Waals surface area contributed by atoms with E-state index in [2.05, 4.69) is 0 Å². The predicted molar refractivity (Wildman–Crippen MR) is 63.4 cm³/mol. The molecule has 0 saturated heterocycles. The van der Waals surface area contributed by atoms with E-state index in [1.165, 1.54) is 12.1 Å². The molecule has 1 N–H and O–H groups in total. The summed E-state index contributed by atoms with van der Waals surface area (Å²) in [5.74, 6) is -0.0136. The van der Waals surface area contributed by atoms with Gasteiger partial charge >= 0.3 is 0 Å². The Hall–Kier alpha value is -2.42. The number of carbonyl (C=O) groups excluding carboxylic acids is 2. The normalized spacial score (nSPS) is 9.88. The van der Waals surface area contributed by atoms with E-state index in [-0.39, 0.29) is 11.5 Å². The van der Waals surface area contributed by atoms with Crippen molar-refractivity contribution in [3.05, 3.63) is 65.2 Å². The second kappa shape index (κ2) is 4.61. The van der Waals surface area contributed by atoms with Crippen molar-refractivity contribution in [1.29, 1.82) is 0 Å². The molecule has 0 saturated carbocycles. The van der Waals surface area contributed by atoms with Crippen LogP contribution in [0.3, 0.4) is 0 Å². The molecule has 0 unspecified atom stereocenters. The molecule has 0 amide bonds. The Balaban J connectivity index is 2.30. The molecule has 0 aliphatic heterocycles. The largest absolute Gasteiger partial charge is 0.508 e. The molecule has 84 valence electrons. The lowest BCUT2D eigenvalue weighted by Crippen LogP contribution is -2.00. The fraction of sp³-hybridized carbons (Fsp3) is 0. The SMILES string of the molecule is O=Cc1ccc(C(=O)c2ccc(O)cc2)cc1. The van der Waals surface area contributed by atoms with Crippen LogP contribution in [0.15, 0.2) is 48.5 Å². The first-order valence-electron chi connectivity index (χ1n) is 5.09. The molecule has 17 heavy (non-hydrogen) atoms. The third-order valence-corrected chi connectivity index (χ3v) is 2.44. The number of ketones is 1. The van der Waals surface area contributed by atoms with Gasteiger partial charge in [0.25, 0.3) is 0 Å². The Bertz CT molecular complexity index is 539. The van der Waals surface area contributed by atoms with E-state index in [1.54, 1.807) is 36.4 Å². The lowest BCUT2D eigenvalue weighted by Gasteiger charge is -2.01. The quantitative estimate of drug-likeness (QED) is 0.646. The molecular weight excluding hydrogens is 216 g/mol. The number of phenolic OH excluding ortho intramolecular Hbond substituents is 1. The highest BCUT2D eigenvalue weighted by Crippen LogP contribution is 2.14. The van der Waals surface area contributed by atoms with Gasteiger partial charge in [0, 0.05) is 16.7 Å². The van der Waals surface area contributed by atoms with Gasteiger partial charge in [-0.05, 0) is 24.3 Å². The molecule has 0 heterocycles. The second-order valence-corrected chi connectivity index (χ2v) is 3.62. The molecule has 2 rings (SSSR count). The van der Waals surface area contributed by atoms with Gasteiger partial charge in [-0.2, -0.15) is 0 Å². The van der Waals surface area contributed by atoms with E-state index in [1.807, 2.05) is 0 Å². The summed E-state index contributed by atoms with van der Waals surface area (Å²) in [6, 6.07) is 12.5. The monoisotopic (exact) mass is 226 g/mol. The van der Waals surface area contributed by atoms with Gasteiger partial charge in [0.15, 0.2) is 5.78 Å². The van der Waals surface area contributed by atoms with Gasteiger partial charge in [-0.25, -0.2) is 0 Å². The summed E-state index contributed by atoms with van der Waals surface area (Å²) in [7, 11) is 0. The average molecular weight is 226 g/mol. The summed E-state index contributed by atoms with van der Waals surface area (Å²) in [5.41, 5.74) is 1.55. The zero-order valence-electron chi connectivity index (χ0n) is 8.96. The summed E-state index contributed by atoms with van der Waals surface area (Å²) < 4.78 is 0. The van der Waals surface area contributed by atoms with Crippen molar-refractivity contribution in [2.24, 2.45) is 0 Å². The zero-order valence-corrected chi connectivity index (χ0v) is 8.96. The maximum Gasteiger partial charge on any atom is 0.193 e. The lowest BCUT2D eigenvalue weighted by molar-refractivity contribution is 0.103. The Morgan fingerprint density at radius 2 is 1.35 bits per heavy atom. The molecule has 0 aromatic heterocycles. The fourth-order valence-corrected chi connectivity index (χ4v) is 1.49. The van der Waals surface area contributed by atoms with E-state index < -0.39 is 0 Å². The van der Waals surface area contributed by atoms with Crippen molar-refractivity contribution in [2.75, 3.05) is 0 Å². The molecule has 0 atom stereocenters. The van der Waals surface area contributed by atoms with Crippen molar-refractivity contribution in [1.82, 2.24) is 0 Å². The van der Waals surface area contributed by atoms with Crippen LogP contribution in [0, 0.1) is 0 Å². The summed E-state index contributed by atoms with van der Waals surface area (Å²) >= 11 is 0. The summed E-state index contributed by atoms with van der Waals surface area (Å²) in [5, 5.41) is 9.13. The molecule has 0 spiro atoms. The highest BCUT2D eigenvalue weighted by molar-refractivity contribution is 6.09. The van der Waals surface area contributed by atoms with Gasteiger partial charge < -0.3 is 5.11 Å². The number of rotatable bonds is 3. The minimum Gasteiger partial charge on any atom is -0.508 e. The zero-order chi connectivity index (χ0) is 12.3. The molecular formula is C14H10O3. The maximum absolute atomic E-state index is 12.0. The van der Waals surface area contributed by atoms with Crippen LogP contribution in [0.25, 0.3) is 0 Å². The van der Waals surface area contributed by atoms with Gasteiger partial charge in [0.05, 0.1) is 0 Å². The van der Waals surface area contributed by atoms with Crippen molar-refractivity contribution in [2.45, 2.75) is 0 Å².